The molecule has 1 aromatic carbocycles. The number of nitrogens with zero attached hydrogens (tertiary/aromatic N) is 1. The number of nitro groups is 1. The highest BCUT2D eigenvalue weighted by Crippen LogP contribution is 2.36. The van der Waals surface area contributed by atoms with E-state index >= 15 is 0 Å². The van der Waals surface area contributed by atoms with Crippen LogP contribution in [0, 0.1) is 33.7 Å². The lowest BCUT2D eigenvalue weighted by Crippen LogP contribution is -2.28. The Morgan fingerprint density at radius 3 is 2.81 bits per heavy atom. The van der Waals surface area contributed by atoms with E-state index in [1.54, 1.807) is 6.92 Å². The molecule has 0 heterocycles. The number of hydrogen-bond donors (Lipinski definition) is 1. The molecule has 0 saturated heterocycles. The summed E-state index contributed by atoms with van der Waals surface area (Å²) in [5.41, 5.74) is 0.219. The van der Waals surface area contributed by atoms with Crippen molar-refractivity contribution in [1.29, 1.82) is 0 Å². The van der Waals surface area contributed by atoms with E-state index in [1.807, 2.05) is 0 Å². The van der Waals surface area contributed by atoms with Gasteiger partial charge in [0, 0.05) is 28.9 Å². The first-order chi connectivity index (χ1) is 12.3. The monoisotopic (exact) mass is 366 g/mol. The van der Waals surface area contributed by atoms with Gasteiger partial charge >= 0.3 is 5.97 Å². The van der Waals surface area contributed by atoms with Gasteiger partial charge in [-0.25, -0.2) is 4.39 Å². The summed E-state index contributed by atoms with van der Waals surface area (Å²) in [7, 11) is 0. The fourth-order valence-corrected chi connectivity index (χ4v) is 3.15. The van der Waals surface area contributed by atoms with Gasteiger partial charge in [-0.2, -0.15) is 0 Å². The standard InChI is InChI=1S/C17H19FN2O6/c1-10-5-15(21)13(14(10)8-20(24)25)7-17(23)26-9-16(22)19-12-4-2-3-11(18)6-12/h2-4,6,10,13-14H,5,7-9H2,1H3,(H,19,22)/t10-,13+,14-/m1/s1. The van der Waals surface area contributed by atoms with Crippen molar-refractivity contribution < 1.29 is 28.4 Å². The SMILES string of the molecule is C[C@@H]1CC(=O)[C@@H](CC(=O)OCC(=O)Nc2cccc(F)c2)[C@@H]1C[N+](=O)[O-]. The molecule has 1 fully saturated rings. The Morgan fingerprint density at radius 2 is 2.15 bits per heavy atom. The molecule has 0 aromatic heterocycles. The zero-order valence-corrected chi connectivity index (χ0v) is 14.1. The Kier molecular flexibility index (Phi) is 6.37. The van der Waals surface area contributed by atoms with Gasteiger partial charge in [-0.05, 0) is 24.1 Å². The number of hydrogen-bond acceptors (Lipinski definition) is 6. The Morgan fingerprint density at radius 1 is 1.42 bits per heavy atom. The smallest absolute Gasteiger partial charge is 0.307 e. The number of Topliss-reactive ketones (excluding diaryl/α,β-unsaturated/α-hetero) is 1. The summed E-state index contributed by atoms with van der Waals surface area (Å²) in [6, 6.07) is 5.22. The number of carbonyl (C=O) groups is 3. The second kappa shape index (κ2) is 8.50. The van der Waals surface area contributed by atoms with Crippen molar-refractivity contribution in [3.05, 3.63) is 40.2 Å². The number of anilines is 1. The van der Waals surface area contributed by atoms with Crippen LogP contribution in [0.2, 0.25) is 0 Å². The number of esters is 1. The summed E-state index contributed by atoms with van der Waals surface area (Å²) in [5.74, 6) is -3.63. The molecule has 0 unspecified atom stereocenters. The number of ether oxygens (including phenoxy) is 1. The molecule has 2 rings (SSSR count). The van der Waals surface area contributed by atoms with Crippen LogP contribution < -0.4 is 5.32 Å². The lowest BCUT2D eigenvalue weighted by atomic mass is 9.88. The lowest BCUT2D eigenvalue weighted by molar-refractivity contribution is -0.490. The molecular weight excluding hydrogens is 347 g/mol. The Balaban J connectivity index is 1.84. The first-order valence-electron chi connectivity index (χ1n) is 8.11. The van der Waals surface area contributed by atoms with E-state index in [0.717, 1.165) is 6.07 Å². The molecule has 0 bridgehead atoms. The van der Waals surface area contributed by atoms with E-state index in [2.05, 4.69) is 5.32 Å². The number of nitrogens with one attached hydrogen (secondary N) is 1. The molecule has 0 aliphatic heterocycles. The lowest BCUT2D eigenvalue weighted by Gasteiger charge is -2.17. The van der Waals surface area contributed by atoms with Crippen LogP contribution in [0.25, 0.3) is 0 Å². The highest BCUT2D eigenvalue weighted by molar-refractivity contribution is 5.93. The molecule has 3 atom stereocenters. The van der Waals surface area contributed by atoms with Crippen molar-refractivity contribution in [3.8, 4) is 0 Å². The normalized spacial score (nSPS) is 22.1. The van der Waals surface area contributed by atoms with Gasteiger partial charge in [0.15, 0.2) is 6.61 Å². The molecule has 140 valence electrons. The third kappa shape index (κ3) is 5.33. The Bertz CT molecular complexity index is 723. The van der Waals surface area contributed by atoms with Crippen LogP contribution in [0.3, 0.4) is 0 Å². The maximum atomic E-state index is 13.0. The largest absolute Gasteiger partial charge is 0.456 e. The molecule has 1 saturated carbocycles. The predicted octanol–water partition coefficient (Wildman–Crippen LogP) is 1.82. The number of amides is 1. The summed E-state index contributed by atoms with van der Waals surface area (Å²) in [6.45, 7) is 0.764. The van der Waals surface area contributed by atoms with Crippen molar-refractivity contribution in [2.75, 3.05) is 18.5 Å². The van der Waals surface area contributed by atoms with Crippen molar-refractivity contribution >= 4 is 23.3 Å². The topological polar surface area (TPSA) is 116 Å². The van der Waals surface area contributed by atoms with E-state index in [0.29, 0.717) is 0 Å². The average molecular weight is 366 g/mol. The molecule has 0 spiro atoms. The van der Waals surface area contributed by atoms with Gasteiger partial charge < -0.3 is 10.1 Å². The third-order valence-electron chi connectivity index (χ3n) is 4.40. The minimum absolute atomic E-state index is 0.179. The maximum Gasteiger partial charge on any atom is 0.307 e. The van der Waals surface area contributed by atoms with E-state index in [9.17, 15) is 28.9 Å². The van der Waals surface area contributed by atoms with Gasteiger partial charge in [0.05, 0.1) is 6.42 Å². The number of ketones is 1. The Hall–Kier alpha value is -2.84. The average Bonchev–Trinajstić information content (AvgIpc) is 2.79. The number of halogens is 1. The van der Waals surface area contributed by atoms with Crippen LogP contribution in [0.4, 0.5) is 10.1 Å². The zero-order valence-electron chi connectivity index (χ0n) is 14.1. The van der Waals surface area contributed by atoms with E-state index in [-0.39, 0.29) is 36.8 Å². The maximum absolute atomic E-state index is 13.0. The van der Waals surface area contributed by atoms with Crippen molar-refractivity contribution in [3.63, 3.8) is 0 Å². The molecule has 9 heteroatoms. The second-order valence-electron chi connectivity index (χ2n) is 6.36. The molecule has 8 nitrogen and oxygen atoms in total. The van der Waals surface area contributed by atoms with E-state index in [1.165, 1.54) is 18.2 Å². The molecule has 1 N–H and O–H groups in total. The summed E-state index contributed by atoms with van der Waals surface area (Å²) in [5, 5.41) is 13.1. The molecule has 1 amide bonds. The highest BCUT2D eigenvalue weighted by Gasteiger charge is 2.44. The first kappa shape index (κ1) is 19.5. The van der Waals surface area contributed by atoms with Gasteiger partial charge in [0.25, 0.3) is 5.91 Å². The number of carbonyl (C=O) groups excluding carboxylic acids is 3. The van der Waals surface area contributed by atoms with Gasteiger partial charge in [-0.1, -0.05) is 13.0 Å². The fraction of sp³-hybridized carbons (Fsp3) is 0.471. The predicted molar refractivity (Wildman–Crippen MR) is 88.2 cm³/mol. The molecule has 1 aliphatic rings. The molecule has 0 radical (unpaired) electrons. The van der Waals surface area contributed by atoms with Crippen LogP contribution in [0.15, 0.2) is 24.3 Å². The van der Waals surface area contributed by atoms with Crippen LogP contribution in [-0.2, 0) is 19.1 Å². The first-order valence-corrected chi connectivity index (χ1v) is 8.11. The summed E-state index contributed by atoms with van der Waals surface area (Å²) in [4.78, 5) is 45.9. The summed E-state index contributed by atoms with van der Waals surface area (Å²) >= 11 is 0. The zero-order chi connectivity index (χ0) is 19.3. The van der Waals surface area contributed by atoms with Crippen molar-refractivity contribution in [2.24, 2.45) is 17.8 Å². The van der Waals surface area contributed by atoms with Gasteiger partial charge in [0.1, 0.15) is 11.6 Å². The third-order valence-corrected chi connectivity index (χ3v) is 4.40. The quantitative estimate of drug-likeness (QED) is 0.447. The van der Waals surface area contributed by atoms with Crippen LogP contribution in [0.1, 0.15) is 19.8 Å². The molecule has 1 aliphatic carbocycles. The van der Waals surface area contributed by atoms with Crippen molar-refractivity contribution in [2.45, 2.75) is 19.8 Å². The minimum atomic E-state index is -0.778. The summed E-state index contributed by atoms with van der Waals surface area (Å²) in [6.07, 6.45) is -0.106. The fourth-order valence-electron chi connectivity index (χ4n) is 3.15. The second-order valence-corrected chi connectivity index (χ2v) is 6.36. The summed E-state index contributed by atoms with van der Waals surface area (Å²) < 4.78 is 17.9. The van der Waals surface area contributed by atoms with Crippen LogP contribution in [-0.4, -0.2) is 35.7 Å². The number of rotatable bonds is 7. The van der Waals surface area contributed by atoms with Crippen LogP contribution in [0.5, 0.6) is 0 Å². The number of benzene rings is 1. The van der Waals surface area contributed by atoms with E-state index in [4.69, 9.17) is 4.74 Å². The molecule has 1 aromatic rings. The van der Waals surface area contributed by atoms with E-state index < -0.39 is 41.1 Å². The Labute approximate surface area is 148 Å². The molecular formula is C17H19FN2O6. The molecule has 26 heavy (non-hydrogen) atoms. The highest BCUT2D eigenvalue weighted by atomic mass is 19.1. The van der Waals surface area contributed by atoms with Crippen LogP contribution >= 0.6 is 0 Å². The van der Waals surface area contributed by atoms with Gasteiger partial charge in [-0.15, -0.1) is 0 Å². The van der Waals surface area contributed by atoms with Crippen molar-refractivity contribution in [1.82, 2.24) is 0 Å². The van der Waals surface area contributed by atoms with Gasteiger partial charge in [0.2, 0.25) is 6.54 Å². The van der Waals surface area contributed by atoms with Gasteiger partial charge in [-0.3, -0.25) is 24.5 Å². The minimum Gasteiger partial charge on any atom is -0.456 e.